The van der Waals surface area contributed by atoms with Crippen LogP contribution in [0.2, 0.25) is 5.02 Å². The number of hydrogen-bond donors (Lipinski definition) is 2. The van der Waals surface area contributed by atoms with E-state index >= 15 is 0 Å². The SMILES string of the molecule is COC(c1ccccc1Cl)C(C)NC(=O)N1CC(C)CC(C(=O)O)C1. The molecule has 4 atom stereocenters. The van der Waals surface area contributed by atoms with Gasteiger partial charge in [-0.05, 0) is 25.3 Å². The van der Waals surface area contributed by atoms with Crippen LogP contribution in [-0.2, 0) is 9.53 Å². The lowest BCUT2D eigenvalue weighted by atomic mass is 9.91. The molecule has 0 aliphatic carbocycles. The number of carbonyl (C=O) groups is 2. The van der Waals surface area contributed by atoms with E-state index in [0.717, 1.165) is 5.56 Å². The van der Waals surface area contributed by atoms with Gasteiger partial charge in [0.2, 0.25) is 0 Å². The first-order valence-electron chi connectivity index (χ1n) is 8.39. The van der Waals surface area contributed by atoms with Crippen molar-refractivity contribution >= 4 is 23.6 Å². The first-order valence-corrected chi connectivity index (χ1v) is 8.76. The van der Waals surface area contributed by atoms with Crippen molar-refractivity contribution in [3.8, 4) is 0 Å². The van der Waals surface area contributed by atoms with Gasteiger partial charge in [-0.15, -0.1) is 0 Å². The molecule has 1 aliphatic heterocycles. The Hall–Kier alpha value is -1.79. The van der Waals surface area contributed by atoms with Crippen molar-refractivity contribution in [1.82, 2.24) is 10.2 Å². The van der Waals surface area contributed by atoms with E-state index in [1.807, 2.05) is 32.0 Å². The number of likely N-dealkylation sites (tertiary alicyclic amines) is 1. The number of nitrogens with one attached hydrogen (secondary N) is 1. The molecule has 2 N–H and O–H groups in total. The first-order chi connectivity index (χ1) is 11.8. The molecule has 2 rings (SSSR count). The molecule has 138 valence electrons. The van der Waals surface area contributed by atoms with Gasteiger partial charge in [0, 0.05) is 30.8 Å². The third-order valence-corrected chi connectivity index (χ3v) is 4.91. The van der Waals surface area contributed by atoms with E-state index in [0.29, 0.717) is 18.0 Å². The lowest BCUT2D eigenvalue weighted by Gasteiger charge is -2.36. The van der Waals surface area contributed by atoms with Crippen LogP contribution in [0.5, 0.6) is 0 Å². The summed E-state index contributed by atoms with van der Waals surface area (Å²) in [6.45, 7) is 4.58. The van der Waals surface area contributed by atoms with Gasteiger partial charge in [-0.2, -0.15) is 0 Å². The fraction of sp³-hybridized carbons (Fsp3) is 0.556. The highest BCUT2D eigenvalue weighted by molar-refractivity contribution is 6.31. The Balaban J connectivity index is 2.05. The molecule has 1 saturated heterocycles. The molecule has 2 amide bonds. The molecule has 0 spiro atoms. The Morgan fingerprint density at radius 1 is 1.36 bits per heavy atom. The Bertz CT molecular complexity index is 625. The minimum atomic E-state index is -0.858. The van der Waals surface area contributed by atoms with Crippen molar-refractivity contribution in [2.45, 2.75) is 32.4 Å². The molecular weight excluding hydrogens is 344 g/mol. The van der Waals surface area contributed by atoms with Crippen LogP contribution in [-0.4, -0.2) is 48.2 Å². The molecular formula is C18H25ClN2O4. The molecule has 6 nitrogen and oxygen atoms in total. The van der Waals surface area contributed by atoms with Crippen LogP contribution in [0.1, 0.15) is 31.9 Å². The largest absolute Gasteiger partial charge is 0.481 e. The van der Waals surface area contributed by atoms with Gasteiger partial charge in [-0.1, -0.05) is 36.7 Å². The molecule has 0 saturated carbocycles. The van der Waals surface area contributed by atoms with Gasteiger partial charge in [-0.3, -0.25) is 4.79 Å². The van der Waals surface area contributed by atoms with Crippen LogP contribution in [0.25, 0.3) is 0 Å². The number of aliphatic carboxylic acids is 1. The number of hydrogen-bond acceptors (Lipinski definition) is 3. The van der Waals surface area contributed by atoms with Gasteiger partial charge < -0.3 is 20.1 Å². The predicted molar refractivity (Wildman–Crippen MR) is 95.7 cm³/mol. The van der Waals surface area contributed by atoms with Crippen LogP contribution < -0.4 is 5.32 Å². The summed E-state index contributed by atoms with van der Waals surface area (Å²) in [5.41, 5.74) is 0.801. The fourth-order valence-corrected chi connectivity index (χ4v) is 3.61. The molecule has 25 heavy (non-hydrogen) atoms. The molecule has 7 heteroatoms. The van der Waals surface area contributed by atoms with Crippen molar-refractivity contribution < 1.29 is 19.4 Å². The molecule has 1 aliphatic rings. The topological polar surface area (TPSA) is 78.9 Å². The average molecular weight is 369 g/mol. The Kier molecular flexibility index (Phi) is 6.67. The summed E-state index contributed by atoms with van der Waals surface area (Å²) in [7, 11) is 1.57. The highest BCUT2D eigenvalue weighted by Gasteiger charge is 2.33. The lowest BCUT2D eigenvalue weighted by Crippen LogP contribution is -2.52. The average Bonchev–Trinajstić information content (AvgIpc) is 2.56. The summed E-state index contributed by atoms with van der Waals surface area (Å²) in [5, 5.41) is 12.7. The second kappa shape index (κ2) is 8.54. The number of rotatable bonds is 5. The summed E-state index contributed by atoms with van der Waals surface area (Å²) < 4.78 is 5.54. The number of ether oxygens (including phenoxy) is 1. The maximum absolute atomic E-state index is 12.6. The normalized spacial score (nSPS) is 23.0. The minimum Gasteiger partial charge on any atom is -0.481 e. The van der Waals surface area contributed by atoms with Gasteiger partial charge in [0.05, 0.1) is 12.0 Å². The number of carbonyl (C=O) groups excluding carboxylic acids is 1. The van der Waals surface area contributed by atoms with Crippen LogP contribution in [0.4, 0.5) is 4.79 Å². The minimum absolute atomic E-state index is 0.151. The number of amides is 2. The molecule has 0 aromatic heterocycles. The van der Waals surface area contributed by atoms with Gasteiger partial charge in [-0.25, -0.2) is 4.79 Å². The Morgan fingerprint density at radius 2 is 2.04 bits per heavy atom. The van der Waals surface area contributed by atoms with Crippen molar-refractivity contribution in [1.29, 1.82) is 0 Å². The second-order valence-electron chi connectivity index (χ2n) is 6.70. The van der Waals surface area contributed by atoms with E-state index in [2.05, 4.69) is 5.32 Å². The van der Waals surface area contributed by atoms with E-state index < -0.39 is 18.0 Å². The van der Waals surface area contributed by atoms with Gasteiger partial charge in [0.25, 0.3) is 0 Å². The number of halogens is 1. The van der Waals surface area contributed by atoms with Crippen LogP contribution in [0.15, 0.2) is 24.3 Å². The number of methoxy groups -OCH3 is 1. The molecule has 1 aromatic rings. The van der Waals surface area contributed by atoms with E-state index in [1.54, 1.807) is 18.1 Å². The molecule has 4 unspecified atom stereocenters. The smallest absolute Gasteiger partial charge is 0.317 e. The molecule has 1 aromatic carbocycles. The molecule has 1 fully saturated rings. The second-order valence-corrected chi connectivity index (χ2v) is 7.10. The third kappa shape index (κ3) is 4.86. The first kappa shape index (κ1) is 19.5. The predicted octanol–water partition coefficient (Wildman–Crippen LogP) is 3.17. The van der Waals surface area contributed by atoms with E-state index in [1.165, 1.54) is 0 Å². The summed E-state index contributed by atoms with van der Waals surface area (Å²) in [5.74, 6) is -1.23. The van der Waals surface area contributed by atoms with Crippen molar-refractivity contribution in [2.24, 2.45) is 11.8 Å². The maximum atomic E-state index is 12.6. The van der Waals surface area contributed by atoms with Crippen LogP contribution in [0, 0.1) is 11.8 Å². The van der Waals surface area contributed by atoms with Crippen molar-refractivity contribution in [2.75, 3.05) is 20.2 Å². The van der Waals surface area contributed by atoms with Crippen LogP contribution >= 0.6 is 11.6 Å². The zero-order valence-corrected chi connectivity index (χ0v) is 15.5. The van der Waals surface area contributed by atoms with Gasteiger partial charge >= 0.3 is 12.0 Å². The Morgan fingerprint density at radius 3 is 2.64 bits per heavy atom. The summed E-state index contributed by atoms with van der Waals surface area (Å²) in [6, 6.07) is 6.75. The number of benzene rings is 1. The highest BCUT2D eigenvalue weighted by Crippen LogP contribution is 2.28. The number of nitrogens with zero attached hydrogens (tertiary/aromatic N) is 1. The Labute approximate surface area is 153 Å². The zero-order chi connectivity index (χ0) is 18.6. The van der Waals surface area contributed by atoms with Crippen molar-refractivity contribution in [3.63, 3.8) is 0 Å². The standard InChI is InChI=1S/C18H25ClN2O4/c1-11-8-13(17(22)23)10-21(9-11)18(24)20-12(2)16(25-3)14-6-4-5-7-15(14)19/h4-7,11-13,16H,8-10H2,1-3H3,(H,20,24)(H,22,23). The number of piperidine rings is 1. The molecule has 0 bridgehead atoms. The molecule has 1 heterocycles. The zero-order valence-electron chi connectivity index (χ0n) is 14.7. The number of urea groups is 1. The summed E-state index contributed by atoms with van der Waals surface area (Å²) >= 11 is 6.23. The van der Waals surface area contributed by atoms with Crippen molar-refractivity contribution in [3.05, 3.63) is 34.9 Å². The monoisotopic (exact) mass is 368 g/mol. The third-order valence-electron chi connectivity index (χ3n) is 4.57. The highest BCUT2D eigenvalue weighted by atomic mass is 35.5. The van der Waals surface area contributed by atoms with E-state index in [4.69, 9.17) is 16.3 Å². The number of carboxylic acids is 1. The number of carboxylic acid groups (broad SMARTS) is 1. The summed E-state index contributed by atoms with van der Waals surface area (Å²) in [4.78, 5) is 25.4. The summed E-state index contributed by atoms with van der Waals surface area (Å²) in [6.07, 6.45) is 0.199. The molecule has 0 radical (unpaired) electrons. The van der Waals surface area contributed by atoms with Crippen LogP contribution in [0.3, 0.4) is 0 Å². The quantitative estimate of drug-likeness (QED) is 0.836. The fourth-order valence-electron chi connectivity index (χ4n) is 3.36. The van der Waals surface area contributed by atoms with E-state index in [-0.39, 0.29) is 24.5 Å². The van der Waals surface area contributed by atoms with E-state index in [9.17, 15) is 14.7 Å². The maximum Gasteiger partial charge on any atom is 0.317 e. The van der Waals surface area contributed by atoms with Gasteiger partial charge in [0.1, 0.15) is 6.10 Å². The van der Waals surface area contributed by atoms with Gasteiger partial charge in [0.15, 0.2) is 0 Å². The lowest BCUT2D eigenvalue weighted by molar-refractivity contribution is -0.143.